The third kappa shape index (κ3) is 2.39. The molecule has 0 aliphatic carbocycles. The SMILES string of the molecule is Cc1nc(C(F)F)c(N)cc1S(N)(=O)=O. The molecule has 84 valence electrons. The molecular formula is C7H9F2N3O2S. The van der Waals surface area contributed by atoms with Gasteiger partial charge < -0.3 is 5.73 Å². The van der Waals surface area contributed by atoms with Gasteiger partial charge in [0.05, 0.1) is 11.4 Å². The number of nitrogens with zero attached hydrogens (tertiary/aromatic N) is 1. The van der Waals surface area contributed by atoms with Crippen LogP contribution in [-0.2, 0) is 10.0 Å². The molecule has 1 heterocycles. The number of hydrogen-bond acceptors (Lipinski definition) is 4. The molecule has 0 radical (unpaired) electrons. The van der Waals surface area contributed by atoms with Crippen molar-refractivity contribution in [3.05, 3.63) is 17.5 Å². The third-order valence-electron chi connectivity index (χ3n) is 1.74. The van der Waals surface area contributed by atoms with Crippen LogP contribution >= 0.6 is 0 Å². The Morgan fingerprint density at radius 1 is 1.47 bits per heavy atom. The van der Waals surface area contributed by atoms with E-state index >= 15 is 0 Å². The lowest BCUT2D eigenvalue weighted by Crippen LogP contribution is -2.16. The molecule has 0 aliphatic heterocycles. The lowest BCUT2D eigenvalue weighted by Gasteiger charge is -2.08. The quantitative estimate of drug-likeness (QED) is 0.784. The molecule has 0 saturated carbocycles. The molecule has 0 aliphatic rings. The number of hydrogen-bond donors (Lipinski definition) is 2. The number of nitrogens with two attached hydrogens (primary N) is 2. The van der Waals surface area contributed by atoms with Crippen LogP contribution in [0.1, 0.15) is 17.8 Å². The van der Waals surface area contributed by atoms with Crippen LogP contribution < -0.4 is 10.9 Å². The standard InChI is InChI=1S/C7H9F2N3O2S/c1-3-5(15(11,13)14)2-4(10)6(12-3)7(8)9/h2,7H,10H2,1H3,(H2,11,13,14). The minimum atomic E-state index is -3.99. The second-order valence-corrected chi connectivity index (χ2v) is 4.42. The van der Waals surface area contributed by atoms with E-state index in [1.807, 2.05) is 0 Å². The van der Waals surface area contributed by atoms with E-state index in [0.717, 1.165) is 6.07 Å². The van der Waals surface area contributed by atoms with Crippen LogP contribution in [-0.4, -0.2) is 13.4 Å². The van der Waals surface area contributed by atoms with Gasteiger partial charge in [0.15, 0.2) is 0 Å². The molecular weight excluding hydrogens is 228 g/mol. The first kappa shape index (κ1) is 11.8. The van der Waals surface area contributed by atoms with E-state index in [9.17, 15) is 17.2 Å². The van der Waals surface area contributed by atoms with Crippen LogP contribution in [0.2, 0.25) is 0 Å². The Morgan fingerprint density at radius 2 is 2.00 bits per heavy atom. The van der Waals surface area contributed by atoms with E-state index in [2.05, 4.69) is 4.98 Å². The van der Waals surface area contributed by atoms with E-state index in [-0.39, 0.29) is 16.3 Å². The summed E-state index contributed by atoms with van der Waals surface area (Å²) in [6.45, 7) is 1.27. The Bertz CT molecular complexity index is 487. The van der Waals surface area contributed by atoms with Crippen LogP contribution in [0.3, 0.4) is 0 Å². The molecule has 0 fully saturated rings. The summed E-state index contributed by atoms with van der Waals surface area (Å²) >= 11 is 0. The number of alkyl halides is 2. The summed E-state index contributed by atoms with van der Waals surface area (Å²) in [6, 6.07) is 0.888. The van der Waals surface area contributed by atoms with Crippen molar-refractivity contribution in [1.82, 2.24) is 4.98 Å². The molecule has 0 unspecified atom stereocenters. The summed E-state index contributed by atoms with van der Waals surface area (Å²) in [5.74, 6) is 0. The number of rotatable bonds is 2. The van der Waals surface area contributed by atoms with Gasteiger partial charge in [0.2, 0.25) is 10.0 Å². The van der Waals surface area contributed by atoms with E-state index in [0.29, 0.717) is 0 Å². The van der Waals surface area contributed by atoms with Crippen molar-refractivity contribution in [2.75, 3.05) is 5.73 Å². The predicted molar refractivity (Wildman–Crippen MR) is 49.7 cm³/mol. The fourth-order valence-corrected chi connectivity index (χ4v) is 1.83. The van der Waals surface area contributed by atoms with E-state index in [1.165, 1.54) is 6.92 Å². The van der Waals surface area contributed by atoms with Crippen molar-refractivity contribution in [3.63, 3.8) is 0 Å². The van der Waals surface area contributed by atoms with Crippen LogP contribution in [0.15, 0.2) is 11.0 Å². The molecule has 0 saturated heterocycles. The van der Waals surface area contributed by atoms with Gasteiger partial charge in [0, 0.05) is 0 Å². The molecule has 5 nitrogen and oxygen atoms in total. The first-order valence-electron chi connectivity index (χ1n) is 3.81. The summed E-state index contributed by atoms with van der Waals surface area (Å²) in [5.41, 5.74) is 4.10. The van der Waals surface area contributed by atoms with Crippen LogP contribution in [0.5, 0.6) is 0 Å². The summed E-state index contributed by atoms with van der Waals surface area (Å²) in [6.07, 6.45) is -2.85. The van der Waals surface area contributed by atoms with Gasteiger partial charge >= 0.3 is 0 Å². The van der Waals surface area contributed by atoms with Crippen LogP contribution in [0, 0.1) is 6.92 Å². The summed E-state index contributed by atoms with van der Waals surface area (Å²) in [4.78, 5) is 3.06. The molecule has 0 atom stereocenters. The van der Waals surface area contributed by atoms with Crippen molar-refractivity contribution < 1.29 is 17.2 Å². The summed E-state index contributed by atoms with van der Waals surface area (Å²) in [5, 5.41) is 4.84. The highest BCUT2D eigenvalue weighted by molar-refractivity contribution is 7.89. The van der Waals surface area contributed by atoms with E-state index in [4.69, 9.17) is 10.9 Å². The number of nitrogen functional groups attached to an aromatic ring is 1. The Morgan fingerprint density at radius 3 is 2.40 bits per heavy atom. The Kier molecular flexibility index (Phi) is 2.91. The second kappa shape index (κ2) is 3.70. The molecule has 0 amide bonds. The number of aromatic nitrogens is 1. The minimum absolute atomic E-state index is 0.0954. The lowest BCUT2D eigenvalue weighted by atomic mass is 10.2. The largest absolute Gasteiger partial charge is 0.397 e. The molecule has 0 aromatic carbocycles. The molecule has 8 heteroatoms. The van der Waals surface area contributed by atoms with E-state index in [1.54, 1.807) is 0 Å². The molecule has 0 spiro atoms. The maximum Gasteiger partial charge on any atom is 0.282 e. The van der Waals surface area contributed by atoms with Gasteiger partial charge in [-0.2, -0.15) is 0 Å². The number of pyridine rings is 1. The average Bonchev–Trinajstić information content (AvgIpc) is 2.06. The number of primary sulfonamides is 1. The maximum atomic E-state index is 12.3. The highest BCUT2D eigenvalue weighted by atomic mass is 32.2. The number of halogens is 2. The monoisotopic (exact) mass is 237 g/mol. The first-order chi connectivity index (χ1) is 6.73. The van der Waals surface area contributed by atoms with Gasteiger partial charge in [0.1, 0.15) is 10.6 Å². The zero-order chi connectivity index (χ0) is 11.8. The fourth-order valence-electron chi connectivity index (χ4n) is 1.08. The predicted octanol–water partition coefficient (Wildman–Crippen LogP) is 0.557. The normalized spacial score (nSPS) is 12.1. The molecule has 4 N–H and O–H groups in total. The van der Waals surface area contributed by atoms with Crippen molar-refractivity contribution in [1.29, 1.82) is 0 Å². The van der Waals surface area contributed by atoms with Crippen molar-refractivity contribution in [2.45, 2.75) is 18.2 Å². The van der Waals surface area contributed by atoms with Gasteiger partial charge in [-0.1, -0.05) is 0 Å². The van der Waals surface area contributed by atoms with Gasteiger partial charge in [0.25, 0.3) is 6.43 Å². The first-order valence-corrected chi connectivity index (χ1v) is 5.36. The number of sulfonamides is 1. The zero-order valence-electron chi connectivity index (χ0n) is 7.74. The molecule has 0 bridgehead atoms. The number of aryl methyl sites for hydroxylation is 1. The fraction of sp³-hybridized carbons (Fsp3) is 0.286. The van der Waals surface area contributed by atoms with Gasteiger partial charge in [-0.05, 0) is 13.0 Å². The second-order valence-electron chi connectivity index (χ2n) is 2.89. The average molecular weight is 237 g/mol. The summed E-state index contributed by atoms with van der Waals surface area (Å²) < 4.78 is 46.6. The van der Waals surface area contributed by atoms with Crippen molar-refractivity contribution >= 4 is 15.7 Å². The Labute approximate surface area is 85.2 Å². The minimum Gasteiger partial charge on any atom is -0.397 e. The highest BCUT2D eigenvalue weighted by Gasteiger charge is 2.19. The Hall–Kier alpha value is -1.28. The Balaban J connectivity index is 3.46. The van der Waals surface area contributed by atoms with Crippen molar-refractivity contribution in [3.8, 4) is 0 Å². The third-order valence-corrected chi connectivity index (χ3v) is 2.77. The molecule has 15 heavy (non-hydrogen) atoms. The summed E-state index contributed by atoms with van der Waals surface area (Å²) in [7, 11) is -3.99. The molecule has 1 aromatic heterocycles. The van der Waals surface area contributed by atoms with E-state index < -0.39 is 22.1 Å². The smallest absolute Gasteiger partial charge is 0.282 e. The highest BCUT2D eigenvalue weighted by Crippen LogP contribution is 2.26. The topological polar surface area (TPSA) is 99.1 Å². The van der Waals surface area contributed by atoms with Crippen LogP contribution in [0.4, 0.5) is 14.5 Å². The van der Waals surface area contributed by atoms with Gasteiger partial charge in [-0.3, -0.25) is 0 Å². The molecule has 1 aromatic rings. The van der Waals surface area contributed by atoms with Crippen molar-refractivity contribution in [2.24, 2.45) is 5.14 Å². The molecule has 1 rings (SSSR count). The van der Waals surface area contributed by atoms with Gasteiger partial charge in [-0.15, -0.1) is 0 Å². The number of anilines is 1. The van der Waals surface area contributed by atoms with Crippen LogP contribution in [0.25, 0.3) is 0 Å². The maximum absolute atomic E-state index is 12.3. The zero-order valence-corrected chi connectivity index (χ0v) is 8.55. The van der Waals surface area contributed by atoms with Gasteiger partial charge in [-0.25, -0.2) is 27.3 Å². The lowest BCUT2D eigenvalue weighted by molar-refractivity contribution is 0.146.